The van der Waals surface area contributed by atoms with E-state index in [0.717, 1.165) is 51.6 Å². The van der Waals surface area contributed by atoms with Crippen LogP contribution in [0, 0.1) is 11.8 Å². The third kappa shape index (κ3) is 29.4. The first-order chi connectivity index (χ1) is 16.1. The molecule has 0 aromatic rings. The van der Waals surface area contributed by atoms with Crippen molar-refractivity contribution in [3.8, 4) is 0 Å². The number of likely N-dealkylation sites (tertiary alicyclic amines) is 1. The molecule has 3 atom stereocenters. The molecule has 0 aliphatic carbocycles. The van der Waals surface area contributed by atoms with E-state index in [1.165, 1.54) is 32.1 Å². The van der Waals surface area contributed by atoms with E-state index in [4.69, 9.17) is 0 Å². The van der Waals surface area contributed by atoms with Gasteiger partial charge in [-0.25, -0.2) is 0 Å². The first-order valence-corrected chi connectivity index (χ1v) is 13.8. The van der Waals surface area contributed by atoms with Crippen LogP contribution in [0.5, 0.6) is 0 Å². The Morgan fingerprint density at radius 1 is 0.775 bits per heavy atom. The first kappa shape index (κ1) is 58.1. The van der Waals surface area contributed by atoms with Crippen molar-refractivity contribution >= 4 is 17.7 Å². The summed E-state index contributed by atoms with van der Waals surface area (Å²) in [4.78, 5) is 37.1. The first-order valence-electron chi connectivity index (χ1n) is 13.8. The molecule has 0 radical (unpaired) electrons. The minimum absolute atomic E-state index is 0. The van der Waals surface area contributed by atoms with Gasteiger partial charge in [0.05, 0.1) is 0 Å². The molecule has 0 aromatic heterocycles. The molecule has 0 aromatic carbocycles. The number of amides is 3. The van der Waals surface area contributed by atoms with Gasteiger partial charge in [-0.05, 0) is 39.0 Å². The summed E-state index contributed by atoms with van der Waals surface area (Å²) >= 11 is 0. The Morgan fingerprint density at radius 3 is 1.60 bits per heavy atom. The summed E-state index contributed by atoms with van der Waals surface area (Å²) in [5.41, 5.74) is 0. The summed E-state index contributed by atoms with van der Waals surface area (Å²) in [5.74, 6) is 1.13. The van der Waals surface area contributed by atoms with Crippen molar-refractivity contribution in [1.29, 1.82) is 0 Å². The molecule has 0 bridgehead atoms. The van der Waals surface area contributed by atoms with Crippen molar-refractivity contribution in [2.24, 2.45) is 11.8 Å². The Balaban J connectivity index is -0.0000000614. The molecular formula is C34H81N3O3. The summed E-state index contributed by atoms with van der Waals surface area (Å²) in [5, 5.41) is 2.99. The lowest BCUT2D eigenvalue weighted by Crippen LogP contribution is -2.33. The van der Waals surface area contributed by atoms with Crippen LogP contribution in [-0.4, -0.2) is 60.7 Å². The Kier molecular flexibility index (Phi) is 54.4. The highest BCUT2D eigenvalue weighted by atomic mass is 16.2. The third-order valence-electron chi connectivity index (χ3n) is 6.60. The van der Waals surface area contributed by atoms with E-state index in [1.807, 2.05) is 25.7 Å². The zero-order chi connectivity index (χ0) is 26.5. The highest BCUT2D eigenvalue weighted by molar-refractivity contribution is 5.78. The quantitative estimate of drug-likeness (QED) is 0.221. The fourth-order valence-corrected chi connectivity index (χ4v) is 3.45. The van der Waals surface area contributed by atoms with Crippen LogP contribution >= 0.6 is 0 Å². The van der Waals surface area contributed by atoms with Gasteiger partial charge in [-0.2, -0.15) is 0 Å². The average molecular weight is 580 g/mol. The van der Waals surface area contributed by atoms with Gasteiger partial charge in [0.1, 0.15) is 0 Å². The number of carbonyl (C=O) groups is 3. The van der Waals surface area contributed by atoms with Crippen LogP contribution < -0.4 is 5.32 Å². The molecule has 0 spiro atoms. The van der Waals surface area contributed by atoms with Crippen LogP contribution in [0.1, 0.15) is 164 Å². The van der Waals surface area contributed by atoms with E-state index in [9.17, 15) is 14.4 Å². The molecule has 3 unspecified atom stereocenters. The molecular weight excluding hydrogens is 498 g/mol. The Morgan fingerprint density at radius 2 is 1.25 bits per heavy atom. The van der Waals surface area contributed by atoms with Gasteiger partial charge in [0.25, 0.3) is 0 Å². The van der Waals surface area contributed by atoms with Crippen LogP contribution in [-0.2, 0) is 14.4 Å². The van der Waals surface area contributed by atoms with E-state index in [-0.39, 0.29) is 68.2 Å². The number of unbranched alkanes of at least 4 members (excludes halogenated alkanes) is 5. The molecule has 1 saturated heterocycles. The second kappa shape index (κ2) is 37.4. The van der Waals surface area contributed by atoms with E-state index >= 15 is 0 Å². The van der Waals surface area contributed by atoms with Crippen molar-refractivity contribution in [2.75, 3.05) is 27.2 Å². The monoisotopic (exact) mass is 580 g/mol. The maximum Gasteiger partial charge on any atom is 0.224 e. The number of rotatable bonds is 13. The molecule has 6 heteroatoms. The molecule has 40 heavy (non-hydrogen) atoms. The maximum absolute atomic E-state index is 11.4. The summed E-state index contributed by atoms with van der Waals surface area (Å²) < 4.78 is 0. The summed E-state index contributed by atoms with van der Waals surface area (Å²) in [6.07, 6.45) is 12.4. The van der Waals surface area contributed by atoms with Gasteiger partial charge in [-0.1, -0.05) is 118 Å². The van der Waals surface area contributed by atoms with Gasteiger partial charge in [0.2, 0.25) is 17.7 Å². The lowest BCUT2D eigenvalue weighted by atomic mass is 10.1. The average Bonchev–Trinajstić information content (AvgIpc) is 3.27. The molecule has 1 rings (SSSR count). The minimum atomic E-state index is 0. The highest BCUT2D eigenvalue weighted by Gasteiger charge is 2.23. The van der Waals surface area contributed by atoms with E-state index < -0.39 is 0 Å². The predicted octanol–water partition coefficient (Wildman–Crippen LogP) is 9.85. The number of hydrogen-bond acceptors (Lipinski definition) is 3. The van der Waals surface area contributed by atoms with Crippen molar-refractivity contribution in [3.05, 3.63) is 0 Å². The van der Waals surface area contributed by atoms with Crippen LogP contribution in [0.3, 0.4) is 0 Å². The van der Waals surface area contributed by atoms with E-state index in [2.05, 4.69) is 33.0 Å². The SMILES string of the molecule is C.C.C.C.C.C.CCC(C)C(=O)N(C)C.CCC(C)N1CCCC1=O.CCCCCCCCNC(=O)C(C)CC. The van der Waals surface area contributed by atoms with Crippen molar-refractivity contribution < 1.29 is 14.4 Å². The fraction of sp³-hybridized carbons (Fsp3) is 0.912. The van der Waals surface area contributed by atoms with Crippen molar-refractivity contribution in [3.63, 3.8) is 0 Å². The van der Waals surface area contributed by atoms with Crippen LogP contribution in [0.4, 0.5) is 0 Å². The Labute approximate surface area is 255 Å². The molecule has 3 amide bonds. The predicted molar refractivity (Wildman–Crippen MR) is 185 cm³/mol. The van der Waals surface area contributed by atoms with Crippen molar-refractivity contribution in [1.82, 2.24) is 15.1 Å². The number of nitrogens with one attached hydrogen (secondary N) is 1. The molecule has 1 heterocycles. The van der Waals surface area contributed by atoms with Gasteiger partial charge in [-0.15, -0.1) is 0 Å². The third-order valence-corrected chi connectivity index (χ3v) is 6.60. The highest BCUT2D eigenvalue weighted by Crippen LogP contribution is 2.14. The van der Waals surface area contributed by atoms with Crippen LogP contribution in [0.15, 0.2) is 0 Å². The van der Waals surface area contributed by atoms with Gasteiger partial charge in [0, 0.05) is 51.5 Å². The smallest absolute Gasteiger partial charge is 0.224 e. The second-order valence-electron chi connectivity index (χ2n) is 9.86. The van der Waals surface area contributed by atoms with Crippen molar-refractivity contribution in [2.45, 2.75) is 170 Å². The Hall–Kier alpha value is -1.59. The van der Waals surface area contributed by atoms with Gasteiger partial charge < -0.3 is 15.1 Å². The summed E-state index contributed by atoms with van der Waals surface area (Å²) in [6, 6.07) is 0.454. The number of nitrogens with zero attached hydrogens (tertiary/aromatic N) is 2. The fourth-order valence-electron chi connectivity index (χ4n) is 3.45. The van der Waals surface area contributed by atoms with E-state index in [0.29, 0.717) is 11.9 Å². The largest absolute Gasteiger partial charge is 0.356 e. The van der Waals surface area contributed by atoms with Gasteiger partial charge in [0.15, 0.2) is 0 Å². The molecule has 1 fully saturated rings. The zero-order valence-electron chi connectivity index (χ0n) is 24.0. The van der Waals surface area contributed by atoms with Crippen LogP contribution in [0.25, 0.3) is 0 Å². The van der Waals surface area contributed by atoms with Gasteiger partial charge >= 0.3 is 0 Å². The van der Waals surface area contributed by atoms with Crippen LogP contribution in [0.2, 0.25) is 0 Å². The summed E-state index contributed by atoms with van der Waals surface area (Å²) in [7, 11) is 3.57. The molecule has 250 valence electrons. The lowest BCUT2D eigenvalue weighted by Gasteiger charge is -2.22. The van der Waals surface area contributed by atoms with E-state index in [1.54, 1.807) is 19.0 Å². The number of hydrogen-bond donors (Lipinski definition) is 1. The Bertz CT molecular complexity index is 539. The van der Waals surface area contributed by atoms with Gasteiger partial charge in [-0.3, -0.25) is 14.4 Å². The number of carbonyl (C=O) groups excluding carboxylic acids is 3. The summed E-state index contributed by atoms with van der Waals surface area (Å²) in [6.45, 7) is 16.3. The normalized spacial score (nSPS) is 13.0. The minimum Gasteiger partial charge on any atom is -0.356 e. The maximum atomic E-state index is 11.4. The molecule has 6 nitrogen and oxygen atoms in total. The molecule has 1 N–H and O–H groups in total. The lowest BCUT2D eigenvalue weighted by molar-refractivity contribution is -0.132. The molecule has 0 saturated carbocycles. The zero-order valence-corrected chi connectivity index (χ0v) is 24.0. The standard InChI is InChI=1S/C13H27NO.C8H15NO.C7H15NO.6CH4/c1-4-6-7-8-9-10-11-14-13(15)12(3)5-2;1-3-7(2)9-6-4-5-8(9)10;1-5-6(2)7(9)8(3)4;;;;;;/h12H,4-11H2,1-3H3,(H,14,15);7H,3-6H2,1-2H3;6H,5H2,1-4H3;6*1H4. The topological polar surface area (TPSA) is 69.7 Å². The second-order valence-corrected chi connectivity index (χ2v) is 9.86. The molecule has 1 aliphatic heterocycles. The molecule has 1 aliphatic rings.